The first-order valence-electron chi connectivity index (χ1n) is 1.21. The molecule has 0 aliphatic rings. The predicted octanol–water partition coefficient (Wildman–Crippen LogP) is 0.737. The van der Waals surface area contributed by atoms with Gasteiger partial charge in [0.1, 0.15) is 0 Å². The first-order valence-corrected chi connectivity index (χ1v) is 2.10. The second-order valence-corrected chi connectivity index (χ2v) is 1.08. The van der Waals surface area contributed by atoms with Crippen LogP contribution in [-0.4, -0.2) is 6.54 Å². The average Bonchev–Trinajstić information content (AvgIpc) is 1.37. The van der Waals surface area contributed by atoms with Crippen LogP contribution in [0.4, 0.5) is 0 Å². The Kier molecular flexibility index (Phi) is 3.91. The van der Waals surface area contributed by atoms with Crippen molar-refractivity contribution in [1.29, 1.82) is 0 Å². The average molecular weight is 139 g/mol. The van der Waals surface area contributed by atoms with E-state index >= 15 is 0 Å². The molecule has 0 aromatic heterocycles. The first kappa shape index (κ1) is 4.49. The molecule has 0 saturated heterocycles. The molecule has 0 aromatic carbocycles. The van der Waals surface area contributed by atoms with Crippen LogP contribution in [0.3, 0.4) is 0 Å². The summed E-state index contributed by atoms with van der Waals surface area (Å²) < 4.78 is 3.75. The van der Waals surface area contributed by atoms with Crippen LogP contribution >= 0.6 is 0 Å². The van der Waals surface area contributed by atoms with Gasteiger partial charge in [0.25, 0.3) is 0 Å². The molecule has 0 aromatic rings. The number of rotatable bonds is 1. The van der Waals surface area contributed by atoms with Crippen LogP contribution in [0.15, 0.2) is 3.50 Å². The molecule has 0 radical (unpaired) electrons. The van der Waals surface area contributed by atoms with Crippen molar-refractivity contribution in [2.75, 3.05) is 6.54 Å². The molecule has 1 nitrogen and oxygen atoms in total. The van der Waals surface area contributed by atoms with E-state index in [2.05, 4.69) is 3.50 Å². The monoisotopic (exact) mass is 141 g/mol. The molecule has 0 spiro atoms. The van der Waals surface area contributed by atoms with Crippen molar-refractivity contribution < 1.29 is 19.6 Å². The van der Waals surface area contributed by atoms with Crippen molar-refractivity contribution in [3.63, 3.8) is 0 Å². The van der Waals surface area contributed by atoms with Gasteiger partial charge in [0.2, 0.25) is 0 Å². The summed E-state index contributed by atoms with van der Waals surface area (Å²) in [5, 5.41) is 0. The van der Waals surface area contributed by atoms with Gasteiger partial charge in [-0.15, -0.1) is 0 Å². The van der Waals surface area contributed by atoms with E-state index in [1.165, 1.54) is 0 Å². The zero-order chi connectivity index (χ0) is 3.41. The fourth-order valence-corrected chi connectivity index (χ4v) is 0. The molecule has 0 aliphatic heterocycles. The van der Waals surface area contributed by atoms with Gasteiger partial charge < -0.3 is 0 Å². The Morgan fingerprint density at radius 2 is 2.25 bits per heavy atom. The minimum absolute atomic E-state index is 0.949. The molecular formula is C2H5MoN. The topological polar surface area (TPSA) is 12.4 Å². The Hall–Kier alpha value is 0.488. The molecular weight excluding hydrogens is 134 g/mol. The Morgan fingerprint density at radius 1 is 2.00 bits per heavy atom. The van der Waals surface area contributed by atoms with Gasteiger partial charge in [-0.05, 0) is 0 Å². The van der Waals surface area contributed by atoms with Crippen LogP contribution in [-0.2, 0) is 19.6 Å². The van der Waals surface area contributed by atoms with Crippen LogP contribution in [0.5, 0.6) is 0 Å². The first-order chi connectivity index (χ1) is 1.91. The summed E-state index contributed by atoms with van der Waals surface area (Å²) in [4.78, 5) is 0. The van der Waals surface area contributed by atoms with E-state index in [0.717, 1.165) is 6.54 Å². The van der Waals surface area contributed by atoms with Gasteiger partial charge in [-0.3, -0.25) is 0 Å². The third-order valence-electron chi connectivity index (χ3n) is 0.129. The summed E-state index contributed by atoms with van der Waals surface area (Å²) in [5.74, 6) is 0. The van der Waals surface area contributed by atoms with E-state index in [0.29, 0.717) is 0 Å². The van der Waals surface area contributed by atoms with Crippen molar-refractivity contribution in [3.05, 3.63) is 0 Å². The summed E-state index contributed by atoms with van der Waals surface area (Å²) >= 11 is 1.75. The zero-order valence-electron chi connectivity index (χ0n) is 2.56. The van der Waals surface area contributed by atoms with Crippen LogP contribution in [0.2, 0.25) is 0 Å². The SMILES string of the molecule is CC[N]=[Mo]. The standard InChI is InChI=1S/C2H5N.Mo/c1-2-3;/h2H2,1H3;. The van der Waals surface area contributed by atoms with E-state index in [4.69, 9.17) is 0 Å². The second-order valence-electron chi connectivity index (χ2n) is 0.445. The van der Waals surface area contributed by atoms with Crippen molar-refractivity contribution >= 4 is 0 Å². The molecule has 0 fully saturated rings. The van der Waals surface area contributed by atoms with Gasteiger partial charge in [0.05, 0.1) is 0 Å². The molecule has 24 valence electrons. The number of nitrogens with zero attached hydrogens (tertiary/aromatic N) is 1. The molecule has 0 heterocycles. The van der Waals surface area contributed by atoms with Crippen molar-refractivity contribution in [1.82, 2.24) is 0 Å². The summed E-state index contributed by atoms with van der Waals surface area (Å²) in [6.07, 6.45) is 0. The summed E-state index contributed by atoms with van der Waals surface area (Å²) in [7, 11) is 0. The maximum absolute atomic E-state index is 3.75. The van der Waals surface area contributed by atoms with E-state index in [-0.39, 0.29) is 0 Å². The molecule has 0 N–H and O–H groups in total. The van der Waals surface area contributed by atoms with Gasteiger partial charge in [-0.2, -0.15) is 0 Å². The number of hydrogen-bond acceptors (Lipinski definition) is 1. The van der Waals surface area contributed by atoms with Crippen molar-refractivity contribution in [2.24, 2.45) is 3.50 Å². The third-order valence-corrected chi connectivity index (χ3v) is 0.764. The summed E-state index contributed by atoms with van der Waals surface area (Å²) in [5.41, 5.74) is 0. The normalized spacial score (nSPS) is 6.25. The fraction of sp³-hybridized carbons (Fsp3) is 1.00. The van der Waals surface area contributed by atoms with E-state index in [9.17, 15) is 0 Å². The van der Waals surface area contributed by atoms with E-state index in [1.807, 2.05) is 6.92 Å². The molecule has 0 amide bonds. The number of hydrogen-bond donors (Lipinski definition) is 0. The quantitative estimate of drug-likeness (QED) is 0.475. The Labute approximate surface area is 37.2 Å². The van der Waals surface area contributed by atoms with Crippen LogP contribution in [0, 0.1) is 0 Å². The molecule has 0 aliphatic carbocycles. The Balaban J connectivity index is 2.30. The molecule has 0 rings (SSSR count). The van der Waals surface area contributed by atoms with Crippen molar-refractivity contribution in [3.8, 4) is 0 Å². The van der Waals surface area contributed by atoms with Crippen LogP contribution < -0.4 is 0 Å². The van der Waals surface area contributed by atoms with Gasteiger partial charge >= 0.3 is 36.6 Å². The van der Waals surface area contributed by atoms with Crippen LogP contribution in [0.1, 0.15) is 6.92 Å². The molecule has 0 unspecified atom stereocenters. The van der Waals surface area contributed by atoms with Gasteiger partial charge in [-0.1, -0.05) is 0 Å². The molecule has 0 saturated carbocycles. The predicted molar refractivity (Wildman–Crippen MR) is 13.0 cm³/mol. The van der Waals surface area contributed by atoms with Crippen LogP contribution in [0.25, 0.3) is 0 Å². The fourth-order valence-electron chi connectivity index (χ4n) is 0. The molecule has 4 heavy (non-hydrogen) atoms. The van der Waals surface area contributed by atoms with E-state index < -0.39 is 0 Å². The van der Waals surface area contributed by atoms with E-state index in [1.54, 1.807) is 19.6 Å². The molecule has 0 atom stereocenters. The third kappa shape index (κ3) is 2.49. The summed E-state index contributed by atoms with van der Waals surface area (Å²) in [6.45, 7) is 2.97. The van der Waals surface area contributed by atoms with Crippen molar-refractivity contribution in [2.45, 2.75) is 6.92 Å². The summed E-state index contributed by atoms with van der Waals surface area (Å²) in [6, 6.07) is 0. The molecule has 0 bridgehead atoms. The Morgan fingerprint density at radius 3 is 2.25 bits per heavy atom. The Bertz CT molecular complexity index is 20.0. The zero-order valence-corrected chi connectivity index (χ0v) is 4.57. The van der Waals surface area contributed by atoms with Gasteiger partial charge in [0.15, 0.2) is 0 Å². The maximum atomic E-state index is 3.75. The second kappa shape index (κ2) is 3.49. The van der Waals surface area contributed by atoms with Gasteiger partial charge in [0, 0.05) is 0 Å². The van der Waals surface area contributed by atoms with Gasteiger partial charge in [-0.25, -0.2) is 0 Å². The molecule has 2 heteroatoms. The minimum atomic E-state index is 0.949.